The second-order valence-corrected chi connectivity index (χ2v) is 4.08. The topological polar surface area (TPSA) is 81.5 Å². The van der Waals surface area contributed by atoms with Crippen LogP contribution in [0.25, 0.3) is 0 Å². The van der Waals surface area contributed by atoms with Crippen molar-refractivity contribution in [1.29, 1.82) is 0 Å². The Hall–Kier alpha value is -2.16. The van der Waals surface area contributed by atoms with E-state index in [9.17, 15) is 28.1 Å². The number of hydrogen-bond donors (Lipinski definition) is 1. The number of alkyl halides is 3. The molecule has 1 rings (SSSR count). The van der Waals surface area contributed by atoms with Crippen molar-refractivity contribution in [3.8, 4) is 0 Å². The maximum Gasteiger partial charge on any atom is 0.411 e. The van der Waals surface area contributed by atoms with Crippen molar-refractivity contribution >= 4 is 11.6 Å². The summed E-state index contributed by atoms with van der Waals surface area (Å²) in [5.74, 6) is -0.528. The van der Waals surface area contributed by atoms with Crippen LogP contribution in [0.1, 0.15) is 5.56 Å². The lowest BCUT2D eigenvalue weighted by molar-refractivity contribution is -0.385. The predicted octanol–water partition coefficient (Wildman–Crippen LogP) is 1.83. The Labute approximate surface area is 118 Å². The molecule has 0 aliphatic heterocycles. The van der Waals surface area contributed by atoms with Gasteiger partial charge in [0.25, 0.3) is 5.69 Å². The number of nitrogens with one attached hydrogen (secondary N) is 1. The third-order valence-corrected chi connectivity index (χ3v) is 2.37. The molecule has 0 bridgehead atoms. The molecule has 9 heteroatoms. The Balaban J connectivity index is 2.36. The van der Waals surface area contributed by atoms with Gasteiger partial charge >= 0.3 is 6.18 Å². The zero-order valence-electron chi connectivity index (χ0n) is 10.9. The highest BCUT2D eigenvalue weighted by Crippen LogP contribution is 2.18. The van der Waals surface area contributed by atoms with Crippen LogP contribution in [0.5, 0.6) is 0 Å². The highest BCUT2D eigenvalue weighted by molar-refractivity contribution is 5.79. The fourth-order valence-corrected chi connectivity index (χ4v) is 1.52. The normalized spacial score (nSPS) is 11.2. The number of nitro benzene ring substituents is 1. The minimum atomic E-state index is -4.41. The van der Waals surface area contributed by atoms with E-state index in [1.54, 1.807) is 6.07 Å². The lowest BCUT2D eigenvalue weighted by atomic mass is 10.1. The molecular weight excluding hydrogens is 293 g/mol. The number of carbonyl (C=O) groups excluding carboxylic acids is 1. The van der Waals surface area contributed by atoms with Crippen LogP contribution in [-0.2, 0) is 16.0 Å². The van der Waals surface area contributed by atoms with Gasteiger partial charge in [-0.25, -0.2) is 0 Å². The first kappa shape index (κ1) is 16.9. The fraction of sp³-hybridized carbons (Fsp3) is 0.417. The number of halogens is 3. The van der Waals surface area contributed by atoms with Crippen molar-refractivity contribution in [2.45, 2.75) is 12.6 Å². The molecule has 0 atom stereocenters. The van der Waals surface area contributed by atoms with Crippen molar-refractivity contribution in [3.05, 3.63) is 39.9 Å². The molecule has 0 spiro atoms. The molecule has 0 saturated carbocycles. The molecule has 116 valence electrons. The minimum Gasteiger partial charge on any atom is -0.370 e. The molecule has 1 N–H and O–H groups in total. The standard InChI is InChI=1S/C12H13F3N2O4/c13-12(14,15)8-21-6-5-16-11(18)7-9-3-1-2-4-10(9)17(19)20/h1-4H,5-8H2,(H,16,18). The molecule has 1 amide bonds. The smallest absolute Gasteiger partial charge is 0.370 e. The molecular formula is C12H13F3N2O4. The number of para-hydroxylation sites is 1. The molecule has 0 unspecified atom stereocenters. The summed E-state index contributed by atoms with van der Waals surface area (Å²) in [5.41, 5.74) is 0.0529. The van der Waals surface area contributed by atoms with E-state index in [0.717, 1.165) is 0 Å². The van der Waals surface area contributed by atoms with Crippen LogP contribution in [-0.4, -0.2) is 36.8 Å². The Morgan fingerprint density at radius 3 is 2.62 bits per heavy atom. The van der Waals surface area contributed by atoms with Gasteiger partial charge in [-0.2, -0.15) is 13.2 Å². The maximum absolute atomic E-state index is 11.8. The summed E-state index contributed by atoms with van der Waals surface area (Å²) in [4.78, 5) is 21.7. The number of nitro groups is 1. The third-order valence-electron chi connectivity index (χ3n) is 2.37. The van der Waals surface area contributed by atoms with Crippen LogP contribution >= 0.6 is 0 Å². The number of rotatable bonds is 7. The molecule has 0 heterocycles. The number of amides is 1. The van der Waals surface area contributed by atoms with Crippen molar-refractivity contribution in [2.75, 3.05) is 19.8 Å². The minimum absolute atomic E-state index is 0.102. The van der Waals surface area contributed by atoms with Gasteiger partial charge in [0.2, 0.25) is 5.91 Å². The molecule has 0 aromatic heterocycles. The average molecular weight is 306 g/mol. The molecule has 1 aromatic rings. The lowest BCUT2D eigenvalue weighted by Gasteiger charge is -2.08. The van der Waals surface area contributed by atoms with Gasteiger partial charge in [0.05, 0.1) is 18.0 Å². The van der Waals surface area contributed by atoms with Crippen LogP contribution in [0.4, 0.5) is 18.9 Å². The van der Waals surface area contributed by atoms with Crippen LogP contribution in [0.3, 0.4) is 0 Å². The summed E-state index contributed by atoms with van der Waals surface area (Å²) in [6.45, 7) is -1.77. The summed E-state index contributed by atoms with van der Waals surface area (Å²) in [7, 11) is 0. The fourth-order valence-electron chi connectivity index (χ4n) is 1.52. The van der Waals surface area contributed by atoms with Crippen LogP contribution < -0.4 is 5.32 Å². The monoisotopic (exact) mass is 306 g/mol. The quantitative estimate of drug-likeness (QED) is 0.473. The second kappa shape index (κ2) is 7.58. The van der Waals surface area contributed by atoms with Gasteiger partial charge < -0.3 is 10.1 Å². The summed E-state index contributed by atoms with van der Waals surface area (Å²) < 4.78 is 39.6. The summed E-state index contributed by atoms with van der Waals surface area (Å²) >= 11 is 0. The second-order valence-electron chi connectivity index (χ2n) is 4.08. The molecule has 0 saturated heterocycles. The van der Waals surface area contributed by atoms with Gasteiger partial charge in [0, 0.05) is 18.2 Å². The molecule has 0 aliphatic carbocycles. The van der Waals surface area contributed by atoms with E-state index in [2.05, 4.69) is 10.1 Å². The van der Waals surface area contributed by atoms with E-state index in [0.29, 0.717) is 0 Å². The number of ether oxygens (including phenoxy) is 1. The van der Waals surface area contributed by atoms with E-state index in [1.807, 2.05) is 0 Å². The van der Waals surface area contributed by atoms with E-state index in [1.165, 1.54) is 18.2 Å². The predicted molar refractivity (Wildman–Crippen MR) is 66.7 cm³/mol. The SMILES string of the molecule is O=C(Cc1ccccc1[N+](=O)[O-])NCCOCC(F)(F)F. The van der Waals surface area contributed by atoms with Gasteiger partial charge in [-0.3, -0.25) is 14.9 Å². The Morgan fingerprint density at radius 2 is 2.00 bits per heavy atom. The molecule has 1 aromatic carbocycles. The highest BCUT2D eigenvalue weighted by atomic mass is 19.4. The highest BCUT2D eigenvalue weighted by Gasteiger charge is 2.27. The average Bonchev–Trinajstić information content (AvgIpc) is 2.37. The zero-order valence-corrected chi connectivity index (χ0v) is 10.9. The number of nitrogens with zero attached hydrogens (tertiary/aromatic N) is 1. The van der Waals surface area contributed by atoms with Crippen molar-refractivity contribution in [3.63, 3.8) is 0 Å². The van der Waals surface area contributed by atoms with Crippen molar-refractivity contribution < 1.29 is 27.6 Å². The van der Waals surface area contributed by atoms with Crippen LogP contribution in [0, 0.1) is 10.1 Å². The van der Waals surface area contributed by atoms with E-state index >= 15 is 0 Å². The number of hydrogen-bond acceptors (Lipinski definition) is 4. The van der Waals surface area contributed by atoms with Crippen LogP contribution in [0.15, 0.2) is 24.3 Å². The van der Waals surface area contributed by atoms with Gasteiger partial charge in [-0.05, 0) is 0 Å². The lowest BCUT2D eigenvalue weighted by Crippen LogP contribution is -2.30. The Kier molecular flexibility index (Phi) is 6.10. The van der Waals surface area contributed by atoms with Crippen LogP contribution in [0.2, 0.25) is 0 Å². The Morgan fingerprint density at radius 1 is 1.33 bits per heavy atom. The van der Waals surface area contributed by atoms with E-state index in [-0.39, 0.29) is 30.8 Å². The molecule has 0 fully saturated rings. The number of benzene rings is 1. The first-order valence-corrected chi connectivity index (χ1v) is 5.93. The summed E-state index contributed by atoms with van der Waals surface area (Å²) in [5, 5.41) is 13.1. The van der Waals surface area contributed by atoms with Gasteiger partial charge in [0.15, 0.2) is 0 Å². The van der Waals surface area contributed by atoms with Gasteiger partial charge in [-0.15, -0.1) is 0 Å². The van der Waals surface area contributed by atoms with E-state index in [4.69, 9.17) is 0 Å². The molecule has 21 heavy (non-hydrogen) atoms. The number of carbonyl (C=O) groups is 1. The Bertz CT molecular complexity index is 506. The first-order chi connectivity index (χ1) is 9.79. The molecule has 0 radical (unpaired) electrons. The largest absolute Gasteiger partial charge is 0.411 e. The zero-order chi connectivity index (χ0) is 15.9. The van der Waals surface area contributed by atoms with Crippen molar-refractivity contribution in [1.82, 2.24) is 5.32 Å². The van der Waals surface area contributed by atoms with Gasteiger partial charge in [-0.1, -0.05) is 18.2 Å². The summed E-state index contributed by atoms with van der Waals surface area (Å²) in [6.07, 6.45) is -4.63. The third kappa shape index (κ3) is 6.70. The maximum atomic E-state index is 11.8. The summed E-state index contributed by atoms with van der Waals surface area (Å²) in [6, 6.07) is 5.75. The first-order valence-electron chi connectivity index (χ1n) is 5.93. The van der Waals surface area contributed by atoms with Gasteiger partial charge in [0.1, 0.15) is 6.61 Å². The molecule has 0 aliphatic rings. The van der Waals surface area contributed by atoms with Crippen molar-refractivity contribution in [2.24, 2.45) is 0 Å². The van der Waals surface area contributed by atoms with E-state index < -0.39 is 23.6 Å². The molecule has 6 nitrogen and oxygen atoms in total.